The van der Waals surface area contributed by atoms with Crippen LogP contribution in [-0.2, 0) is 19.0 Å². The summed E-state index contributed by atoms with van der Waals surface area (Å²) < 4.78 is 15.6. The second kappa shape index (κ2) is 8.05. The van der Waals surface area contributed by atoms with Gasteiger partial charge in [-0.05, 0) is 45.0 Å². The number of carbonyl (C=O) groups is 3. The summed E-state index contributed by atoms with van der Waals surface area (Å²) in [5.74, 6) is -0.0899. The molecule has 0 aromatic heterocycles. The Bertz CT molecular complexity index is 743. The van der Waals surface area contributed by atoms with E-state index in [0.29, 0.717) is 25.4 Å². The average molecular weight is 391 g/mol. The fourth-order valence-electron chi connectivity index (χ4n) is 2.95. The number of ether oxygens (including phenoxy) is 3. The van der Waals surface area contributed by atoms with E-state index in [1.807, 2.05) is 0 Å². The first kappa shape index (κ1) is 19.9. The highest BCUT2D eigenvalue weighted by Gasteiger charge is 2.33. The lowest BCUT2D eigenvalue weighted by Crippen LogP contribution is -2.41. The maximum atomic E-state index is 12.2. The number of anilines is 2. The first-order valence-electron chi connectivity index (χ1n) is 9.16. The molecule has 0 saturated carbocycles. The molecule has 152 valence electrons. The van der Waals surface area contributed by atoms with Crippen molar-refractivity contribution in [3.05, 3.63) is 24.3 Å². The zero-order chi connectivity index (χ0) is 20.3. The SMILES string of the molecule is CC(C)(C)OC(=O)NC[C@H]1CN(c2ccc(N3CCOCC3=O)cc2)C(=O)O1. The lowest BCUT2D eigenvalue weighted by Gasteiger charge is -2.27. The molecule has 1 N–H and O–H groups in total. The number of hydrogen-bond donors (Lipinski definition) is 1. The molecule has 0 bridgehead atoms. The van der Waals surface area contributed by atoms with E-state index < -0.39 is 23.9 Å². The molecule has 1 aromatic carbocycles. The Kier molecular flexibility index (Phi) is 5.73. The number of benzene rings is 1. The van der Waals surface area contributed by atoms with Gasteiger partial charge in [0, 0.05) is 17.9 Å². The number of rotatable bonds is 4. The van der Waals surface area contributed by atoms with E-state index in [9.17, 15) is 14.4 Å². The highest BCUT2D eigenvalue weighted by atomic mass is 16.6. The third-order valence-corrected chi connectivity index (χ3v) is 4.21. The molecule has 3 amide bonds. The molecule has 0 radical (unpaired) electrons. The van der Waals surface area contributed by atoms with E-state index in [4.69, 9.17) is 14.2 Å². The van der Waals surface area contributed by atoms with Crippen LogP contribution < -0.4 is 15.1 Å². The Morgan fingerprint density at radius 2 is 1.82 bits per heavy atom. The van der Waals surface area contributed by atoms with Crippen LogP contribution in [0.5, 0.6) is 0 Å². The normalized spacial score (nSPS) is 20.2. The minimum absolute atomic E-state index is 0.0759. The van der Waals surface area contributed by atoms with Gasteiger partial charge in [0.1, 0.15) is 18.3 Å². The van der Waals surface area contributed by atoms with E-state index in [0.717, 1.165) is 5.69 Å². The van der Waals surface area contributed by atoms with Crippen LogP contribution in [0, 0.1) is 0 Å². The van der Waals surface area contributed by atoms with Crippen LogP contribution in [0.15, 0.2) is 24.3 Å². The second-order valence-corrected chi connectivity index (χ2v) is 7.61. The summed E-state index contributed by atoms with van der Waals surface area (Å²) in [6, 6.07) is 7.11. The third-order valence-electron chi connectivity index (χ3n) is 4.21. The molecule has 2 aliphatic rings. The maximum Gasteiger partial charge on any atom is 0.414 e. The molecule has 2 aliphatic heterocycles. The molecular weight excluding hydrogens is 366 g/mol. The number of morpholine rings is 1. The fraction of sp³-hybridized carbons (Fsp3) is 0.526. The summed E-state index contributed by atoms with van der Waals surface area (Å²) in [6.45, 7) is 6.88. The predicted molar refractivity (Wildman–Crippen MR) is 101 cm³/mol. The molecule has 2 fully saturated rings. The quantitative estimate of drug-likeness (QED) is 0.842. The Balaban J connectivity index is 1.56. The van der Waals surface area contributed by atoms with Gasteiger partial charge < -0.3 is 24.4 Å². The minimum Gasteiger partial charge on any atom is -0.444 e. The minimum atomic E-state index is -0.591. The number of amides is 3. The second-order valence-electron chi connectivity index (χ2n) is 7.61. The monoisotopic (exact) mass is 391 g/mol. The van der Waals surface area contributed by atoms with Gasteiger partial charge in [0.2, 0.25) is 0 Å². The van der Waals surface area contributed by atoms with Crippen LogP contribution in [0.2, 0.25) is 0 Å². The molecular formula is C19H25N3O6. The lowest BCUT2D eigenvalue weighted by atomic mass is 10.2. The Morgan fingerprint density at radius 3 is 2.43 bits per heavy atom. The molecule has 0 aliphatic carbocycles. The van der Waals surface area contributed by atoms with E-state index >= 15 is 0 Å². The molecule has 3 rings (SSSR count). The van der Waals surface area contributed by atoms with Crippen molar-refractivity contribution >= 4 is 29.5 Å². The standard InChI is InChI=1S/C19H25N3O6/c1-19(2,3)28-17(24)20-10-15-11-22(18(25)27-15)14-6-4-13(5-7-14)21-8-9-26-12-16(21)23/h4-7,15H,8-12H2,1-3H3,(H,20,24)/t15-/m0/s1. The number of nitrogens with one attached hydrogen (secondary N) is 1. The summed E-state index contributed by atoms with van der Waals surface area (Å²) >= 11 is 0. The van der Waals surface area contributed by atoms with Gasteiger partial charge in [0.05, 0.1) is 19.7 Å². The average Bonchev–Trinajstić information content (AvgIpc) is 3.00. The van der Waals surface area contributed by atoms with E-state index in [1.165, 1.54) is 4.90 Å². The van der Waals surface area contributed by atoms with Crippen molar-refractivity contribution in [2.24, 2.45) is 0 Å². The summed E-state index contributed by atoms with van der Waals surface area (Å²) in [5, 5.41) is 2.61. The Morgan fingerprint density at radius 1 is 1.18 bits per heavy atom. The van der Waals surface area contributed by atoms with Crippen molar-refractivity contribution in [1.82, 2.24) is 5.32 Å². The third kappa shape index (κ3) is 4.92. The Hall–Kier alpha value is -2.81. The smallest absolute Gasteiger partial charge is 0.414 e. The first-order chi connectivity index (χ1) is 13.2. The molecule has 2 heterocycles. The van der Waals surface area contributed by atoms with Gasteiger partial charge in [-0.1, -0.05) is 0 Å². The summed E-state index contributed by atoms with van der Waals surface area (Å²) in [4.78, 5) is 39.0. The first-order valence-corrected chi connectivity index (χ1v) is 9.16. The molecule has 1 atom stereocenters. The van der Waals surface area contributed by atoms with Crippen LogP contribution in [0.4, 0.5) is 21.0 Å². The maximum absolute atomic E-state index is 12.2. The molecule has 28 heavy (non-hydrogen) atoms. The topological polar surface area (TPSA) is 97.4 Å². The molecule has 9 nitrogen and oxygen atoms in total. The van der Waals surface area contributed by atoms with E-state index in [-0.39, 0.29) is 19.1 Å². The predicted octanol–water partition coefficient (Wildman–Crippen LogP) is 1.90. The van der Waals surface area contributed by atoms with Gasteiger partial charge in [-0.3, -0.25) is 9.69 Å². The largest absolute Gasteiger partial charge is 0.444 e. The van der Waals surface area contributed by atoms with Crippen molar-refractivity contribution in [3.63, 3.8) is 0 Å². The summed E-state index contributed by atoms with van der Waals surface area (Å²) in [7, 11) is 0. The van der Waals surface area contributed by atoms with Crippen molar-refractivity contribution < 1.29 is 28.6 Å². The summed E-state index contributed by atoms with van der Waals surface area (Å²) in [6.07, 6.45) is -1.51. The van der Waals surface area contributed by atoms with Crippen LogP contribution >= 0.6 is 0 Å². The van der Waals surface area contributed by atoms with Gasteiger partial charge in [-0.2, -0.15) is 0 Å². The van der Waals surface area contributed by atoms with Crippen LogP contribution in [0.3, 0.4) is 0 Å². The van der Waals surface area contributed by atoms with Crippen molar-refractivity contribution in [2.75, 3.05) is 42.6 Å². The van der Waals surface area contributed by atoms with Gasteiger partial charge in [0.15, 0.2) is 0 Å². The fourth-order valence-corrected chi connectivity index (χ4v) is 2.95. The van der Waals surface area contributed by atoms with Gasteiger partial charge in [-0.15, -0.1) is 0 Å². The van der Waals surface area contributed by atoms with E-state index in [2.05, 4.69) is 5.32 Å². The number of hydrogen-bond acceptors (Lipinski definition) is 6. The zero-order valence-electron chi connectivity index (χ0n) is 16.3. The lowest BCUT2D eigenvalue weighted by molar-refractivity contribution is -0.125. The molecule has 9 heteroatoms. The number of carbonyl (C=O) groups excluding carboxylic acids is 3. The van der Waals surface area contributed by atoms with Crippen LogP contribution in [-0.4, -0.2) is 62.6 Å². The Labute approximate surface area is 163 Å². The van der Waals surface area contributed by atoms with Gasteiger partial charge >= 0.3 is 12.2 Å². The van der Waals surface area contributed by atoms with E-state index in [1.54, 1.807) is 49.9 Å². The summed E-state index contributed by atoms with van der Waals surface area (Å²) in [5.41, 5.74) is 0.827. The van der Waals surface area contributed by atoms with Crippen molar-refractivity contribution in [3.8, 4) is 0 Å². The number of cyclic esters (lactones) is 1. The van der Waals surface area contributed by atoms with Gasteiger partial charge in [0.25, 0.3) is 5.91 Å². The molecule has 0 spiro atoms. The molecule has 1 aromatic rings. The number of nitrogens with zero attached hydrogens (tertiary/aromatic N) is 2. The molecule has 0 unspecified atom stereocenters. The van der Waals surface area contributed by atoms with Crippen LogP contribution in [0.1, 0.15) is 20.8 Å². The van der Waals surface area contributed by atoms with Crippen molar-refractivity contribution in [2.45, 2.75) is 32.5 Å². The number of alkyl carbamates (subject to hydrolysis) is 1. The van der Waals surface area contributed by atoms with Gasteiger partial charge in [-0.25, -0.2) is 9.59 Å². The van der Waals surface area contributed by atoms with Crippen LogP contribution in [0.25, 0.3) is 0 Å². The zero-order valence-corrected chi connectivity index (χ0v) is 16.3. The molecule has 2 saturated heterocycles. The van der Waals surface area contributed by atoms with Crippen molar-refractivity contribution in [1.29, 1.82) is 0 Å². The highest BCUT2D eigenvalue weighted by molar-refractivity contribution is 5.95. The highest BCUT2D eigenvalue weighted by Crippen LogP contribution is 2.25.